The quantitative estimate of drug-likeness (QED) is 0.831. The van der Waals surface area contributed by atoms with Crippen molar-refractivity contribution in [3.8, 4) is 0 Å². The molecule has 0 bridgehead atoms. The lowest BCUT2D eigenvalue weighted by Gasteiger charge is -2.17. The summed E-state index contributed by atoms with van der Waals surface area (Å²) in [5.74, 6) is 0.783. The molecule has 1 aromatic rings. The van der Waals surface area contributed by atoms with E-state index >= 15 is 0 Å². The first-order valence-electron chi connectivity index (χ1n) is 5.66. The molecule has 0 aromatic carbocycles. The Balaban J connectivity index is 2.06. The van der Waals surface area contributed by atoms with Crippen LogP contribution in [0.1, 0.15) is 37.9 Å². The van der Waals surface area contributed by atoms with Gasteiger partial charge in [0.25, 0.3) is 0 Å². The molecule has 0 saturated heterocycles. The fourth-order valence-electron chi connectivity index (χ4n) is 1.81. The predicted molar refractivity (Wildman–Crippen MR) is 63.0 cm³/mol. The highest BCUT2D eigenvalue weighted by Gasteiger charge is 2.32. The Hall–Kier alpha value is -0.600. The van der Waals surface area contributed by atoms with E-state index in [1.165, 1.54) is 12.8 Å². The van der Waals surface area contributed by atoms with E-state index in [1.54, 1.807) is 6.20 Å². The van der Waals surface area contributed by atoms with E-state index in [1.807, 2.05) is 12.1 Å². The van der Waals surface area contributed by atoms with Crippen LogP contribution in [0.15, 0.2) is 18.3 Å². The average Bonchev–Trinajstić information content (AvgIpc) is 3.05. The Morgan fingerprint density at radius 3 is 2.87 bits per heavy atom. The predicted octanol–water partition coefficient (Wildman–Crippen LogP) is 3.19. The smallest absolute Gasteiger partial charge is 0.0589 e. The maximum Gasteiger partial charge on any atom is 0.0589 e. The lowest BCUT2D eigenvalue weighted by atomic mass is 10.1. The Labute approximate surface area is 96.1 Å². The van der Waals surface area contributed by atoms with Gasteiger partial charge in [-0.25, -0.2) is 0 Å². The number of hydrogen-bond acceptors (Lipinski definition) is 2. The molecule has 1 aromatic heterocycles. The van der Waals surface area contributed by atoms with Gasteiger partial charge in [0.2, 0.25) is 0 Å². The molecule has 1 saturated carbocycles. The summed E-state index contributed by atoms with van der Waals surface area (Å²) in [4.78, 5) is 4.40. The molecule has 1 heterocycles. The van der Waals surface area contributed by atoms with E-state index in [9.17, 15) is 0 Å². The first-order valence-corrected chi connectivity index (χ1v) is 6.04. The van der Waals surface area contributed by atoms with Crippen molar-refractivity contribution >= 4 is 11.6 Å². The molecule has 0 radical (unpaired) electrons. The van der Waals surface area contributed by atoms with E-state index in [0.29, 0.717) is 11.1 Å². The molecule has 1 aliphatic carbocycles. The summed E-state index contributed by atoms with van der Waals surface area (Å²) in [6, 6.07) is 4.39. The van der Waals surface area contributed by atoms with Crippen LogP contribution < -0.4 is 5.32 Å². The summed E-state index contributed by atoms with van der Waals surface area (Å²) < 4.78 is 0. The standard InChI is InChI=1S/C12H17ClN2/c1-2-7-14-12(9-3-4-9)11-6-5-10(13)8-15-11/h5-6,8-9,12,14H,2-4,7H2,1H3. The lowest BCUT2D eigenvalue weighted by molar-refractivity contribution is 0.471. The molecular weight excluding hydrogens is 208 g/mol. The van der Waals surface area contributed by atoms with Crippen LogP contribution in [0.25, 0.3) is 0 Å². The highest BCUT2D eigenvalue weighted by molar-refractivity contribution is 6.30. The zero-order valence-electron chi connectivity index (χ0n) is 9.04. The maximum absolute atomic E-state index is 5.83. The average molecular weight is 225 g/mol. The van der Waals surface area contributed by atoms with E-state index in [2.05, 4.69) is 17.2 Å². The van der Waals surface area contributed by atoms with Crippen LogP contribution in [-0.2, 0) is 0 Å². The molecule has 1 atom stereocenters. The maximum atomic E-state index is 5.83. The van der Waals surface area contributed by atoms with Crippen LogP contribution in [0.3, 0.4) is 0 Å². The van der Waals surface area contributed by atoms with E-state index < -0.39 is 0 Å². The van der Waals surface area contributed by atoms with Gasteiger partial charge < -0.3 is 5.32 Å². The second kappa shape index (κ2) is 4.95. The zero-order valence-corrected chi connectivity index (χ0v) is 9.80. The van der Waals surface area contributed by atoms with Gasteiger partial charge in [0.05, 0.1) is 16.8 Å². The Bertz CT molecular complexity index is 306. The van der Waals surface area contributed by atoms with Gasteiger partial charge in [-0.15, -0.1) is 0 Å². The van der Waals surface area contributed by atoms with Gasteiger partial charge in [-0.3, -0.25) is 4.98 Å². The van der Waals surface area contributed by atoms with Crippen LogP contribution >= 0.6 is 11.6 Å². The third-order valence-electron chi connectivity index (χ3n) is 2.78. The summed E-state index contributed by atoms with van der Waals surface area (Å²) in [5, 5.41) is 4.27. The number of halogens is 1. The molecule has 3 heteroatoms. The minimum Gasteiger partial charge on any atom is -0.308 e. The fourth-order valence-corrected chi connectivity index (χ4v) is 1.93. The van der Waals surface area contributed by atoms with Crippen LogP contribution in [-0.4, -0.2) is 11.5 Å². The molecule has 15 heavy (non-hydrogen) atoms. The number of aromatic nitrogens is 1. The Morgan fingerprint density at radius 2 is 2.33 bits per heavy atom. The second-order valence-corrected chi connectivity index (χ2v) is 4.61. The van der Waals surface area contributed by atoms with Gasteiger partial charge in [-0.1, -0.05) is 18.5 Å². The van der Waals surface area contributed by atoms with Crippen LogP contribution in [0.4, 0.5) is 0 Å². The van der Waals surface area contributed by atoms with Gasteiger partial charge in [0, 0.05) is 6.20 Å². The number of nitrogens with one attached hydrogen (secondary N) is 1. The number of pyridine rings is 1. The van der Waals surface area contributed by atoms with Gasteiger partial charge in [0.1, 0.15) is 0 Å². The molecule has 1 aliphatic rings. The minimum absolute atomic E-state index is 0.433. The summed E-state index contributed by atoms with van der Waals surface area (Å²) in [6.07, 6.45) is 5.55. The molecule has 0 spiro atoms. The van der Waals surface area contributed by atoms with Gasteiger partial charge in [0.15, 0.2) is 0 Å². The summed E-state index contributed by atoms with van der Waals surface area (Å²) >= 11 is 5.83. The van der Waals surface area contributed by atoms with Crippen LogP contribution in [0.2, 0.25) is 5.02 Å². The summed E-state index contributed by atoms with van der Waals surface area (Å²) in [6.45, 7) is 3.25. The highest BCUT2D eigenvalue weighted by Crippen LogP contribution is 2.40. The molecule has 1 N–H and O–H groups in total. The second-order valence-electron chi connectivity index (χ2n) is 4.17. The van der Waals surface area contributed by atoms with E-state index in [0.717, 1.165) is 24.6 Å². The topological polar surface area (TPSA) is 24.9 Å². The van der Waals surface area contributed by atoms with Crippen molar-refractivity contribution in [1.82, 2.24) is 10.3 Å². The van der Waals surface area contributed by atoms with E-state index in [4.69, 9.17) is 11.6 Å². The van der Waals surface area contributed by atoms with Crippen molar-refractivity contribution in [2.45, 2.75) is 32.2 Å². The third kappa shape index (κ3) is 2.93. The highest BCUT2D eigenvalue weighted by atomic mass is 35.5. The first-order chi connectivity index (χ1) is 7.31. The molecule has 0 aliphatic heterocycles. The molecule has 82 valence electrons. The van der Waals surface area contributed by atoms with Gasteiger partial charge >= 0.3 is 0 Å². The van der Waals surface area contributed by atoms with Crippen molar-refractivity contribution in [2.24, 2.45) is 5.92 Å². The molecule has 0 amide bonds. The molecule has 1 fully saturated rings. The monoisotopic (exact) mass is 224 g/mol. The van der Waals surface area contributed by atoms with Gasteiger partial charge in [-0.05, 0) is 43.9 Å². The van der Waals surface area contributed by atoms with Crippen molar-refractivity contribution in [3.63, 3.8) is 0 Å². The Kier molecular flexibility index (Phi) is 3.60. The first kappa shape index (κ1) is 10.9. The number of nitrogens with zero attached hydrogens (tertiary/aromatic N) is 1. The fraction of sp³-hybridized carbons (Fsp3) is 0.583. The van der Waals surface area contributed by atoms with Crippen molar-refractivity contribution < 1.29 is 0 Å². The normalized spacial score (nSPS) is 17.7. The van der Waals surface area contributed by atoms with E-state index in [-0.39, 0.29) is 0 Å². The van der Waals surface area contributed by atoms with Crippen molar-refractivity contribution in [1.29, 1.82) is 0 Å². The lowest BCUT2D eigenvalue weighted by Crippen LogP contribution is -2.24. The van der Waals surface area contributed by atoms with Gasteiger partial charge in [-0.2, -0.15) is 0 Å². The number of hydrogen-bond donors (Lipinski definition) is 1. The molecule has 2 rings (SSSR count). The summed E-state index contributed by atoms with van der Waals surface area (Å²) in [5.41, 5.74) is 1.13. The van der Waals surface area contributed by atoms with Crippen molar-refractivity contribution in [2.75, 3.05) is 6.54 Å². The minimum atomic E-state index is 0.433. The molecule has 1 unspecified atom stereocenters. The molecular formula is C12H17ClN2. The Morgan fingerprint density at radius 1 is 1.53 bits per heavy atom. The van der Waals surface area contributed by atoms with Crippen LogP contribution in [0, 0.1) is 5.92 Å². The number of rotatable bonds is 5. The SMILES string of the molecule is CCCNC(c1ccc(Cl)cn1)C1CC1. The zero-order chi connectivity index (χ0) is 10.7. The largest absolute Gasteiger partial charge is 0.308 e. The van der Waals surface area contributed by atoms with Crippen LogP contribution in [0.5, 0.6) is 0 Å². The third-order valence-corrected chi connectivity index (χ3v) is 3.00. The summed E-state index contributed by atoms with van der Waals surface area (Å²) in [7, 11) is 0. The van der Waals surface area contributed by atoms with Crippen molar-refractivity contribution in [3.05, 3.63) is 29.0 Å². The molecule has 2 nitrogen and oxygen atoms in total.